The van der Waals surface area contributed by atoms with E-state index in [9.17, 15) is 14.3 Å². The fourth-order valence-electron chi connectivity index (χ4n) is 2.93. The molecule has 0 unspecified atom stereocenters. The molecular weight excluding hydrogens is 414 g/mol. The number of phenols is 1. The Morgan fingerprint density at radius 2 is 1.84 bits per heavy atom. The number of benzene rings is 2. The molecule has 0 atom stereocenters. The van der Waals surface area contributed by atoms with Gasteiger partial charge < -0.3 is 15.7 Å². The highest BCUT2D eigenvalue weighted by atomic mass is 19.1. The van der Waals surface area contributed by atoms with Crippen LogP contribution in [0.4, 0.5) is 14.6 Å². The van der Waals surface area contributed by atoms with Crippen LogP contribution in [-0.4, -0.2) is 34.1 Å². The molecule has 0 bridgehead atoms. The third-order valence-electron chi connectivity index (χ3n) is 4.21. The van der Waals surface area contributed by atoms with E-state index < -0.39 is 11.6 Å². The number of phenolic OH excluding ortho intramolecular Hbond substituents is 1. The summed E-state index contributed by atoms with van der Waals surface area (Å²) in [5.74, 6) is -1.76. The van der Waals surface area contributed by atoms with Gasteiger partial charge in [-0.2, -0.15) is 0 Å². The minimum absolute atomic E-state index is 0.00381. The number of nitrogens with zero attached hydrogens (tertiary/aromatic N) is 2. The number of halogens is 2. The molecule has 170 valence electrons. The number of aromatic hydroxyl groups is 1. The van der Waals surface area contributed by atoms with Crippen molar-refractivity contribution in [3.8, 4) is 16.9 Å². The molecule has 0 saturated carbocycles. The Labute approximate surface area is 186 Å². The SMILES string of the molecule is C=C.C=CC(=O)NCCNc1ncnc2c(F)c(-c3c(O)cccc3F)c(C)cc12.CC. The molecule has 0 aliphatic carbocycles. The van der Waals surface area contributed by atoms with Crippen molar-refractivity contribution in [1.29, 1.82) is 0 Å². The maximum absolute atomic E-state index is 15.2. The van der Waals surface area contributed by atoms with E-state index in [-0.39, 0.29) is 28.3 Å². The molecule has 8 heteroatoms. The molecule has 0 radical (unpaired) electrons. The van der Waals surface area contributed by atoms with Gasteiger partial charge in [0.25, 0.3) is 0 Å². The standard InChI is InChI=1S/C20H18F2N4O2.C2H6.C2H4/c1-3-15(28)23-7-8-24-20-12-9-11(2)16(18(22)19(12)25-10-26-20)17-13(21)5-4-6-14(17)27;2*1-2/h3-6,9-10,27H,1,7-8H2,2H3,(H,23,28)(H,24,25,26);1-2H3;1-2H2. The van der Waals surface area contributed by atoms with Crippen LogP contribution in [0, 0.1) is 18.6 Å². The van der Waals surface area contributed by atoms with E-state index in [1.165, 1.54) is 24.5 Å². The number of carbonyl (C=O) groups is 1. The molecule has 0 aliphatic rings. The van der Waals surface area contributed by atoms with E-state index in [1.54, 1.807) is 13.0 Å². The number of rotatable bonds is 6. The van der Waals surface area contributed by atoms with E-state index in [2.05, 4.69) is 40.3 Å². The Hall–Kier alpha value is -3.81. The van der Waals surface area contributed by atoms with Crippen LogP contribution in [0.1, 0.15) is 19.4 Å². The van der Waals surface area contributed by atoms with Crippen LogP contribution >= 0.6 is 0 Å². The summed E-state index contributed by atoms with van der Waals surface area (Å²) in [5.41, 5.74) is 0.157. The summed E-state index contributed by atoms with van der Waals surface area (Å²) < 4.78 is 29.5. The Kier molecular flexibility index (Phi) is 10.5. The molecule has 6 nitrogen and oxygen atoms in total. The molecule has 1 amide bonds. The maximum Gasteiger partial charge on any atom is 0.243 e. The van der Waals surface area contributed by atoms with Crippen LogP contribution in [0.5, 0.6) is 5.75 Å². The molecule has 0 spiro atoms. The third kappa shape index (κ3) is 5.87. The number of aromatic nitrogens is 2. The van der Waals surface area contributed by atoms with Crippen molar-refractivity contribution in [3.63, 3.8) is 0 Å². The van der Waals surface area contributed by atoms with Gasteiger partial charge in [-0.15, -0.1) is 13.2 Å². The number of fused-ring (bicyclic) bond motifs is 1. The maximum atomic E-state index is 15.2. The van der Waals surface area contributed by atoms with Gasteiger partial charge in [0.1, 0.15) is 29.2 Å². The second kappa shape index (κ2) is 12.8. The summed E-state index contributed by atoms with van der Waals surface area (Å²) >= 11 is 0. The lowest BCUT2D eigenvalue weighted by Gasteiger charge is -2.14. The number of hydrogen-bond acceptors (Lipinski definition) is 5. The Bertz CT molecular complexity index is 1070. The topological polar surface area (TPSA) is 87.1 Å². The summed E-state index contributed by atoms with van der Waals surface area (Å²) in [7, 11) is 0. The summed E-state index contributed by atoms with van der Waals surface area (Å²) in [6.45, 7) is 15.6. The van der Waals surface area contributed by atoms with Gasteiger partial charge in [-0.05, 0) is 36.8 Å². The molecule has 1 aromatic heterocycles. The molecule has 32 heavy (non-hydrogen) atoms. The summed E-state index contributed by atoms with van der Waals surface area (Å²) in [6.07, 6.45) is 2.36. The lowest BCUT2D eigenvalue weighted by atomic mass is 9.96. The first-order chi connectivity index (χ1) is 15.4. The average Bonchev–Trinajstić information content (AvgIpc) is 2.81. The molecule has 1 heterocycles. The summed E-state index contributed by atoms with van der Waals surface area (Å²) in [6, 6.07) is 5.43. The third-order valence-corrected chi connectivity index (χ3v) is 4.21. The predicted molar refractivity (Wildman–Crippen MR) is 126 cm³/mol. The Balaban J connectivity index is 0.00000121. The highest BCUT2D eigenvalue weighted by molar-refractivity contribution is 5.94. The zero-order valence-corrected chi connectivity index (χ0v) is 18.5. The molecule has 3 rings (SSSR count). The van der Waals surface area contributed by atoms with Gasteiger partial charge in [-0.25, -0.2) is 18.7 Å². The van der Waals surface area contributed by atoms with Gasteiger partial charge in [0.05, 0.1) is 5.56 Å². The Morgan fingerprint density at radius 1 is 1.16 bits per heavy atom. The van der Waals surface area contributed by atoms with Gasteiger partial charge in [0.2, 0.25) is 5.91 Å². The molecule has 0 aliphatic heterocycles. The largest absolute Gasteiger partial charge is 0.507 e. The molecule has 3 N–H and O–H groups in total. The molecule has 0 saturated heterocycles. The zero-order valence-electron chi connectivity index (χ0n) is 18.5. The zero-order chi connectivity index (χ0) is 24.3. The van der Waals surface area contributed by atoms with E-state index in [4.69, 9.17) is 0 Å². The first-order valence-corrected chi connectivity index (χ1v) is 9.99. The van der Waals surface area contributed by atoms with Crippen LogP contribution in [0.25, 0.3) is 22.0 Å². The second-order valence-corrected chi connectivity index (χ2v) is 6.06. The fourth-order valence-corrected chi connectivity index (χ4v) is 2.93. The Morgan fingerprint density at radius 3 is 2.47 bits per heavy atom. The molecule has 2 aromatic carbocycles. The van der Waals surface area contributed by atoms with Gasteiger partial charge in [0, 0.05) is 24.0 Å². The van der Waals surface area contributed by atoms with E-state index in [1.807, 2.05) is 13.8 Å². The quantitative estimate of drug-likeness (QED) is 0.280. The van der Waals surface area contributed by atoms with E-state index >= 15 is 4.39 Å². The number of aryl methyl sites for hydroxylation is 1. The van der Waals surface area contributed by atoms with Gasteiger partial charge in [0.15, 0.2) is 5.82 Å². The number of hydrogen-bond donors (Lipinski definition) is 3. The molecule has 0 fully saturated rings. The van der Waals surface area contributed by atoms with Crippen molar-refractivity contribution in [2.24, 2.45) is 0 Å². The van der Waals surface area contributed by atoms with Crippen LogP contribution in [-0.2, 0) is 4.79 Å². The summed E-state index contributed by atoms with van der Waals surface area (Å²) in [4.78, 5) is 19.3. The smallest absolute Gasteiger partial charge is 0.243 e. The van der Waals surface area contributed by atoms with Crippen molar-refractivity contribution >= 4 is 22.6 Å². The normalized spacial score (nSPS) is 9.66. The van der Waals surface area contributed by atoms with Crippen LogP contribution in [0.3, 0.4) is 0 Å². The first kappa shape index (κ1) is 26.2. The van der Waals surface area contributed by atoms with Crippen LogP contribution in [0.15, 0.2) is 56.4 Å². The van der Waals surface area contributed by atoms with Gasteiger partial charge in [-0.3, -0.25) is 4.79 Å². The number of anilines is 1. The van der Waals surface area contributed by atoms with Crippen molar-refractivity contribution in [2.75, 3.05) is 18.4 Å². The fraction of sp³-hybridized carbons (Fsp3) is 0.208. The highest BCUT2D eigenvalue weighted by Crippen LogP contribution is 2.39. The van der Waals surface area contributed by atoms with E-state index in [0.29, 0.717) is 29.9 Å². The summed E-state index contributed by atoms with van der Waals surface area (Å²) in [5, 5.41) is 16.1. The molecular formula is C24H28F2N4O2. The number of nitrogens with one attached hydrogen (secondary N) is 2. The van der Waals surface area contributed by atoms with Crippen molar-refractivity contribution in [3.05, 3.63) is 73.6 Å². The lowest BCUT2D eigenvalue weighted by molar-refractivity contribution is -0.116. The predicted octanol–water partition coefficient (Wildman–Crippen LogP) is 5.13. The van der Waals surface area contributed by atoms with Gasteiger partial charge >= 0.3 is 0 Å². The minimum Gasteiger partial charge on any atom is -0.507 e. The van der Waals surface area contributed by atoms with Crippen molar-refractivity contribution in [2.45, 2.75) is 20.8 Å². The second-order valence-electron chi connectivity index (χ2n) is 6.06. The average molecular weight is 443 g/mol. The number of carbonyl (C=O) groups excluding carboxylic acids is 1. The van der Waals surface area contributed by atoms with Crippen molar-refractivity contribution in [1.82, 2.24) is 15.3 Å². The van der Waals surface area contributed by atoms with Crippen LogP contribution < -0.4 is 10.6 Å². The monoisotopic (exact) mass is 442 g/mol. The molecule has 3 aromatic rings. The first-order valence-electron chi connectivity index (χ1n) is 9.99. The lowest BCUT2D eigenvalue weighted by Crippen LogP contribution is -2.27. The van der Waals surface area contributed by atoms with E-state index in [0.717, 1.165) is 6.07 Å². The minimum atomic E-state index is -0.749. The van der Waals surface area contributed by atoms with Gasteiger partial charge in [-0.1, -0.05) is 26.5 Å². The van der Waals surface area contributed by atoms with Crippen LogP contribution in [0.2, 0.25) is 0 Å². The number of amides is 1. The highest BCUT2D eigenvalue weighted by Gasteiger charge is 2.21. The van der Waals surface area contributed by atoms with Crippen molar-refractivity contribution < 1.29 is 18.7 Å².